The van der Waals surface area contributed by atoms with E-state index in [9.17, 15) is 0 Å². The highest BCUT2D eigenvalue weighted by molar-refractivity contribution is 6.01. The molecule has 0 aliphatic heterocycles. The summed E-state index contributed by atoms with van der Waals surface area (Å²) in [4.78, 5) is 4.63. The second-order valence-corrected chi connectivity index (χ2v) is 14.6. The topological polar surface area (TPSA) is 32.8 Å². The highest BCUT2D eigenvalue weighted by atomic mass is 16.3. The third-order valence-electron chi connectivity index (χ3n) is 11.0. The zero-order valence-corrected chi connectivity index (χ0v) is 31.5. The number of nitrogens with zero attached hydrogens (tertiary/aromatic N) is 2. The molecule has 2 heterocycles. The summed E-state index contributed by atoms with van der Waals surface area (Å²) in [7, 11) is 0. The lowest BCUT2D eigenvalue weighted by Crippen LogP contribution is -2.10. The number of benzene rings is 9. The molecule has 0 N–H and O–H groups in total. The van der Waals surface area contributed by atoms with Gasteiger partial charge in [-0.15, -0.1) is 0 Å². The lowest BCUT2D eigenvalue weighted by Gasteiger charge is -2.27. The van der Waals surface area contributed by atoms with Crippen LogP contribution >= 0.6 is 0 Å². The third kappa shape index (κ3) is 5.96. The minimum atomic E-state index is 0.815. The number of para-hydroxylation sites is 2. The fraction of sp³-hybridized carbons (Fsp3) is 0. The Morgan fingerprint density at radius 3 is 1.07 bits per heavy atom. The van der Waals surface area contributed by atoms with Crippen LogP contribution in [0.15, 0.2) is 227 Å². The molecular weight excluding hydrogens is 709 g/mol. The second kappa shape index (κ2) is 14.0. The van der Waals surface area contributed by atoms with Crippen LogP contribution in [0.1, 0.15) is 0 Å². The lowest BCUT2D eigenvalue weighted by atomic mass is 10.1. The molecule has 58 heavy (non-hydrogen) atoms. The number of anilines is 6. The molecule has 0 bridgehead atoms. The van der Waals surface area contributed by atoms with E-state index in [2.05, 4.69) is 228 Å². The van der Waals surface area contributed by atoms with Crippen LogP contribution in [0.4, 0.5) is 34.1 Å². The Morgan fingerprint density at radius 2 is 0.638 bits per heavy atom. The van der Waals surface area contributed by atoms with Crippen LogP contribution in [0.5, 0.6) is 0 Å². The van der Waals surface area contributed by atoms with E-state index in [1.165, 1.54) is 21.5 Å². The summed E-state index contributed by atoms with van der Waals surface area (Å²) >= 11 is 0. The molecule has 0 saturated heterocycles. The van der Waals surface area contributed by atoms with Gasteiger partial charge in [0.15, 0.2) is 0 Å². The third-order valence-corrected chi connectivity index (χ3v) is 11.0. The van der Waals surface area contributed by atoms with Gasteiger partial charge in [0.1, 0.15) is 22.7 Å². The van der Waals surface area contributed by atoms with Gasteiger partial charge in [0.2, 0.25) is 0 Å². The van der Waals surface area contributed by atoms with E-state index in [0.29, 0.717) is 0 Å². The van der Waals surface area contributed by atoms with Crippen molar-refractivity contribution >= 4 is 77.6 Å². The van der Waals surface area contributed by atoms with Crippen LogP contribution in [0.25, 0.3) is 66.1 Å². The molecule has 2 aromatic heterocycles. The van der Waals surface area contributed by atoms with Crippen molar-refractivity contribution in [2.24, 2.45) is 0 Å². The van der Waals surface area contributed by atoms with E-state index in [4.69, 9.17) is 8.83 Å². The van der Waals surface area contributed by atoms with Crippen LogP contribution in [-0.2, 0) is 0 Å². The first-order chi connectivity index (χ1) is 28.7. The van der Waals surface area contributed by atoms with E-state index >= 15 is 0 Å². The molecule has 4 nitrogen and oxygen atoms in total. The summed E-state index contributed by atoms with van der Waals surface area (Å²) in [6, 6.07) is 76.7. The molecule has 0 radical (unpaired) electrons. The van der Waals surface area contributed by atoms with Crippen molar-refractivity contribution in [1.29, 1.82) is 0 Å². The summed E-state index contributed by atoms with van der Waals surface area (Å²) < 4.78 is 13.0. The molecule has 274 valence electrons. The highest BCUT2D eigenvalue weighted by Crippen LogP contribution is 2.42. The standard InChI is InChI=1S/C54H36N2O2/c1-3-17-43(18-4-1)55(49-23-11-15-37-13-7-9-21-47(37)49)45-29-25-39(26-30-45)51-33-41-35-54-42(36-53(41)57-51)34-52(58-54)40-27-31-46(32-28-40)56(44-19-5-2-6-20-44)50-24-12-16-38-14-8-10-22-48(38)50/h1-36H. The van der Waals surface area contributed by atoms with Crippen LogP contribution in [0.2, 0.25) is 0 Å². The Labute approximate surface area is 336 Å². The predicted octanol–water partition coefficient (Wildman–Crippen LogP) is 15.8. The van der Waals surface area contributed by atoms with Gasteiger partial charge in [0, 0.05) is 55.4 Å². The first-order valence-electron chi connectivity index (χ1n) is 19.6. The van der Waals surface area contributed by atoms with Crippen LogP contribution in [0.3, 0.4) is 0 Å². The molecule has 0 atom stereocenters. The Balaban J connectivity index is 0.893. The Bertz CT molecular complexity index is 2940. The van der Waals surface area contributed by atoms with Crippen molar-refractivity contribution in [2.45, 2.75) is 0 Å². The van der Waals surface area contributed by atoms with Gasteiger partial charge in [0.25, 0.3) is 0 Å². The molecular formula is C54H36N2O2. The van der Waals surface area contributed by atoms with Crippen molar-refractivity contribution in [2.75, 3.05) is 9.80 Å². The van der Waals surface area contributed by atoms with Crippen molar-refractivity contribution in [3.05, 3.63) is 218 Å². The number of furan rings is 2. The van der Waals surface area contributed by atoms with Crippen molar-refractivity contribution < 1.29 is 8.83 Å². The Morgan fingerprint density at radius 1 is 0.276 bits per heavy atom. The average Bonchev–Trinajstić information content (AvgIpc) is 3.91. The molecule has 11 aromatic rings. The van der Waals surface area contributed by atoms with Crippen molar-refractivity contribution in [3.8, 4) is 22.6 Å². The summed E-state index contributed by atoms with van der Waals surface area (Å²) in [5, 5.41) is 6.81. The summed E-state index contributed by atoms with van der Waals surface area (Å²) in [5.74, 6) is 1.63. The van der Waals surface area contributed by atoms with Crippen LogP contribution in [0, 0.1) is 0 Å². The quantitative estimate of drug-likeness (QED) is 0.155. The van der Waals surface area contributed by atoms with Crippen molar-refractivity contribution in [3.63, 3.8) is 0 Å². The summed E-state index contributed by atoms with van der Waals surface area (Å²) in [5.41, 5.74) is 10.3. The number of hydrogen-bond donors (Lipinski definition) is 0. The van der Waals surface area contributed by atoms with Gasteiger partial charge in [-0.3, -0.25) is 0 Å². The van der Waals surface area contributed by atoms with Crippen molar-refractivity contribution in [1.82, 2.24) is 0 Å². The maximum atomic E-state index is 6.50. The number of rotatable bonds is 8. The Kier molecular flexibility index (Phi) is 8.11. The van der Waals surface area contributed by atoms with Crippen LogP contribution < -0.4 is 9.80 Å². The van der Waals surface area contributed by atoms with E-state index in [0.717, 1.165) is 78.7 Å². The first kappa shape index (κ1) is 33.5. The fourth-order valence-electron chi connectivity index (χ4n) is 8.22. The molecule has 9 aromatic carbocycles. The zero-order valence-electron chi connectivity index (χ0n) is 31.5. The zero-order chi connectivity index (χ0) is 38.4. The minimum Gasteiger partial charge on any atom is -0.456 e. The number of hydrogen-bond acceptors (Lipinski definition) is 4. The normalized spacial score (nSPS) is 11.4. The van der Waals surface area contributed by atoms with Crippen LogP contribution in [-0.4, -0.2) is 0 Å². The maximum absolute atomic E-state index is 6.50. The summed E-state index contributed by atoms with van der Waals surface area (Å²) in [6.07, 6.45) is 0. The molecule has 4 heteroatoms. The minimum absolute atomic E-state index is 0.815. The number of fused-ring (bicyclic) bond motifs is 4. The van der Waals surface area contributed by atoms with Gasteiger partial charge in [-0.1, -0.05) is 109 Å². The van der Waals surface area contributed by atoms with E-state index < -0.39 is 0 Å². The maximum Gasteiger partial charge on any atom is 0.135 e. The predicted molar refractivity (Wildman–Crippen MR) is 241 cm³/mol. The monoisotopic (exact) mass is 744 g/mol. The van der Waals surface area contributed by atoms with Gasteiger partial charge >= 0.3 is 0 Å². The molecule has 0 aliphatic carbocycles. The molecule has 11 rings (SSSR count). The lowest BCUT2D eigenvalue weighted by molar-refractivity contribution is 0.627. The molecule has 0 spiro atoms. The molecule has 0 fully saturated rings. The summed E-state index contributed by atoms with van der Waals surface area (Å²) in [6.45, 7) is 0. The van der Waals surface area contributed by atoms with Gasteiger partial charge in [0.05, 0.1) is 11.4 Å². The molecule has 0 amide bonds. The van der Waals surface area contributed by atoms with Gasteiger partial charge in [-0.25, -0.2) is 0 Å². The Hall–Kier alpha value is -7.82. The van der Waals surface area contributed by atoms with E-state index in [1.54, 1.807) is 0 Å². The first-order valence-corrected chi connectivity index (χ1v) is 19.6. The second-order valence-electron chi connectivity index (χ2n) is 14.6. The SMILES string of the molecule is c1ccc(N(c2ccc(-c3cc4cc5oc(-c6ccc(N(c7ccccc7)c7cccc8ccccc78)cc6)cc5cc4o3)cc2)c2cccc3ccccc23)cc1. The van der Waals surface area contributed by atoms with E-state index in [1.807, 2.05) is 0 Å². The van der Waals surface area contributed by atoms with E-state index in [-0.39, 0.29) is 0 Å². The molecule has 0 unspecified atom stereocenters. The largest absolute Gasteiger partial charge is 0.456 e. The molecule has 0 aliphatic rings. The smallest absolute Gasteiger partial charge is 0.135 e. The highest BCUT2D eigenvalue weighted by Gasteiger charge is 2.18. The van der Waals surface area contributed by atoms with Gasteiger partial charge in [-0.05, 0) is 120 Å². The average molecular weight is 745 g/mol. The van der Waals surface area contributed by atoms with Gasteiger partial charge < -0.3 is 18.6 Å². The molecule has 0 saturated carbocycles. The van der Waals surface area contributed by atoms with Gasteiger partial charge in [-0.2, -0.15) is 0 Å². The fourth-order valence-corrected chi connectivity index (χ4v) is 8.22.